The molecule has 0 aliphatic rings. The third-order valence-electron chi connectivity index (χ3n) is 5.83. The molecule has 3 aromatic rings. The molecule has 0 N–H and O–H groups in total. The normalized spacial score (nSPS) is 12.6. The zero-order valence-corrected chi connectivity index (χ0v) is 23.9. The van der Waals surface area contributed by atoms with Gasteiger partial charge in [-0.2, -0.15) is 0 Å². The predicted molar refractivity (Wildman–Crippen MR) is 136 cm³/mol. The predicted octanol–water partition coefficient (Wildman–Crippen LogP) is 9.08. The average molecular weight is 616 g/mol. The summed E-state index contributed by atoms with van der Waals surface area (Å²) >= 11 is 0. The van der Waals surface area contributed by atoms with Crippen molar-refractivity contribution in [2.75, 3.05) is 0 Å². The second kappa shape index (κ2) is 11.5. The third-order valence-corrected chi connectivity index (χ3v) is 11.7. The van der Waals surface area contributed by atoms with E-state index in [4.69, 9.17) is 4.52 Å². The minimum absolute atomic E-state index is 0.151. The van der Waals surface area contributed by atoms with Gasteiger partial charge in [0.25, 0.3) is 0 Å². The van der Waals surface area contributed by atoms with Gasteiger partial charge in [0.1, 0.15) is 5.75 Å². The Morgan fingerprint density at radius 3 is 1.25 bits per heavy atom. The van der Waals surface area contributed by atoms with Crippen LogP contribution in [-0.4, -0.2) is 10.3 Å². The minimum Gasteiger partial charge on any atom is -0.464 e. The van der Waals surface area contributed by atoms with Gasteiger partial charge >= 0.3 is 0 Å². The summed E-state index contributed by atoms with van der Waals surface area (Å²) in [5, 5.41) is -4.04. The van der Waals surface area contributed by atoms with Crippen LogP contribution in [0.1, 0.15) is 47.1 Å². The highest BCUT2D eigenvalue weighted by Gasteiger charge is 2.40. The molecule has 0 fully saturated rings. The van der Waals surface area contributed by atoms with Gasteiger partial charge < -0.3 is 4.52 Å². The molecule has 0 saturated heterocycles. The highest BCUT2D eigenvalue weighted by atomic mass is 31.1. The van der Waals surface area contributed by atoms with E-state index in [1.165, 1.54) is 12.1 Å². The van der Waals surface area contributed by atoms with Crippen molar-refractivity contribution in [2.45, 2.75) is 58.0 Å². The summed E-state index contributed by atoms with van der Waals surface area (Å²) < 4.78 is 148. The molecule has 0 atom stereocenters. The zero-order valence-electron chi connectivity index (χ0n) is 22.1. The SMILES string of the molecule is CC(C)(C)P(Cc1cccc(OP(c2c(F)c(F)c(F)c(F)c2F)c2c(F)c(F)c(F)c(F)c2F)c1)C(C)(C)C. The van der Waals surface area contributed by atoms with Crippen LogP contribution in [0.3, 0.4) is 0 Å². The Morgan fingerprint density at radius 1 is 0.550 bits per heavy atom. The van der Waals surface area contributed by atoms with Crippen molar-refractivity contribution in [3.63, 3.8) is 0 Å². The molecule has 3 aromatic carbocycles. The molecule has 1 nitrogen and oxygen atoms in total. The summed E-state index contributed by atoms with van der Waals surface area (Å²) in [5.41, 5.74) is 0.596. The quantitative estimate of drug-likeness (QED) is 0.116. The first kappa shape index (κ1) is 32.1. The van der Waals surface area contributed by atoms with Gasteiger partial charge in [0, 0.05) is 0 Å². The van der Waals surface area contributed by atoms with E-state index in [9.17, 15) is 43.9 Å². The Hall–Kier alpha value is -2.38. The highest BCUT2D eigenvalue weighted by molar-refractivity contribution is 7.69. The lowest BCUT2D eigenvalue weighted by Gasteiger charge is -2.41. The van der Waals surface area contributed by atoms with Gasteiger partial charge in [-0.25, -0.2) is 43.9 Å². The van der Waals surface area contributed by atoms with E-state index in [1.54, 1.807) is 6.07 Å². The summed E-state index contributed by atoms with van der Waals surface area (Å²) in [7, 11) is -4.62. The molecule has 40 heavy (non-hydrogen) atoms. The maximum absolute atomic E-state index is 14.8. The van der Waals surface area contributed by atoms with Crippen LogP contribution in [0.25, 0.3) is 0 Å². The molecule has 0 aliphatic heterocycles. The molecule has 13 heteroatoms. The maximum atomic E-state index is 14.8. The number of hydrogen-bond donors (Lipinski definition) is 0. The Bertz CT molecular complexity index is 1310. The van der Waals surface area contributed by atoms with Crippen LogP contribution in [0.15, 0.2) is 24.3 Å². The molecule has 0 aliphatic carbocycles. The first-order valence-corrected chi connectivity index (χ1v) is 14.4. The van der Waals surface area contributed by atoms with Crippen LogP contribution in [0.5, 0.6) is 5.75 Å². The van der Waals surface area contributed by atoms with Crippen molar-refractivity contribution >= 4 is 26.7 Å². The fourth-order valence-corrected chi connectivity index (χ4v) is 9.57. The van der Waals surface area contributed by atoms with E-state index in [2.05, 4.69) is 0 Å². The molecule has 0 unspecified atom stereocenters. The van der Waals surface area contributed by atoms with Crippen LogP contribution in [-0.2, 0) is 6.16 Å². The molecular formula is C27H24F10OP2. The minimum atomic E-state index is -3.87. The lowest BCUT2D eigenvalue weighted by Crippen LogP contribution is -2.30. The topological polar surface area (TPSA) is 9.23 Å². The fraction of sp³-hybridized carbons (Fsp3) is 0.333. The Balaban J connectivity index is 2.26. The Kier molecular flexibility index (Phi) is 9.22. The number of rotatable bonds is 6. The molecule has 0 heterocycles. The third kappa shape index (κ3) is 6.11. The maximum Gasteiger partial charge on any atom is 0.200 e. The summed E-state index contributed by atoms with van der Waals surface area (Å²) in [6.07, 6.45) is 0.475. The van der Waals surface area contributed by atoms with E-state index in [0.29, 0.717) is 11.7 Å². The van der Waals surface area contributed by atoms with Gasteiger partial charge in [0.05, 0.1) is 10.6 Å². The van der Waals surface area contributed by atoms with Gasteiger partial charge in [-0.3, -0.25) is 0 Å². The summed E-state index contributed by atoms with van der Waals surface area (Å²) in [5.74, 6) is -25.6. The van der Waals surface area contributed by atoms with Gasteiger partial charge in [-0.05, 0) is 34.2 Å². The van der Waals surface area contributed by atoms with E-state index in [-0.39, 0.29) is 16.1 Å². The van der Waals surface area contributed by atoms with Gasteiger partial charge in [-0.1, -0.05) is 61.6 Å². The fourth-order valence-electron chi connectivity index (χ4n) is 4.22. The first-order valence-electron chi connectivity index (χ1n) is 11.7. The summed E-state index contributed by atoms with van der Waals surface area (Å²) in [6, 6.07) is 5.56. The molecule has 0 radical (unpaired) electrons. The lowest BCUT2D eigenvalue weighted by atomic mass is 10.2. The number of halogens is 10. The molecule has 218 valence electrons. The van der Waals surface area contributed by atoms with Crippen LogP contribution in [0.2, 0.25) is 0 Å². The van der Waals surface area contributed by atoms with Crippen LogP contribution in [0.4, 0.5) is 43.9 Å². The Labute approximate surface area is 227 Å². The largest absolute Gasteiger partial charge is 0.464 e. The molecule has 3 rings (SSSR count). The number of hydrogen-bond acceptors (Lipinski definition) is 1. The zero-order chi connectivity index (χ0) is 30.5. The van der Waals surface area contributed by atoms with Crippen molar-refractivity contribution in [3.8, 4) is 5.75 Å². The first-order chi connectivity index (χ1) is 18.3. The second-order valence-corrected chi connectivity index (χ2v) is 16.3. The van der Waals surface area contributed by atoms with Crippen molar-refractivity contribution < 1.29 is 48.4 Å². The van der Waals surface area contributed by atoms with Crippen molar-refractivity contribution in [1.82, 2.24) is 0 Å². The van der Waals surface area contributed by atoms with Gasteiger partial charge in [0.15, 0.2) is 54.7 Å². The van der Waals surface area contributed by atoms with Crippen LogP contribution in [0, 0.1) is 58.2 Å². The molecule has 0 bridgehead atoms. The highest BCUT2D eigenvalue weighted by Crippen LogP contribution is 2.61. The van der Waals surface area contributed by atoms with E-state index >= 15 is 0 Å². The lowest BCUT2D eigenvalue weighted by molar-refractivity contribution is 0.381. The van der Waals surface area contributed by atoms with Gasteiger partial charge in [-0.15, -0.1) is 0 Å². The molecule has 0 amide bonds. The monoisotopic (exact) mass is 616 g/mol. The molecule has 0 saturated carbocycles. The second-order valence-electron chi connectivity index (χ2n) is 10.8. The molecule has 0 aromatic heterocycles. The van der Waals surface area contributed by atoms with E-state index in [0.717, 1.165) is 6.07 Å². The summed E-state index contributed by atoms with van der Waals surface area (Å²) in [6.45, 7) is 12.2. The molecular weight excluding hydrogens is 592 g/mol. The number of benzene rings is 3. The van der Waals surface area contributed by atoms with Crippen molar-refractivity contribution in [3.05, 3.63) is 88.0 Å². The average Bonchev–Trinajstić information content (AvgIpc) is 2.86. The summed E-state index contributed by atoms with van der Waals surface area (Å²) in [4.78, 5) is 0. The van der Waals surface area contributed by atoms with Crippen LogP contribution < -0.4 is 15.1 Å². The van der Waals surface area contributed by atoms with Gasteiger partial charge in [0.2, 0.25) is 11.6 Å². The molecule has 0 spiro atoms. The van der Waals surface area contributed by atoms with Crippen LogP contribution >= 0.6 is 16.1 Å². The van der Waals surface area contributed by atoms with E-state index in [1.807, 2.05) is 41.5 Å². The van der Waals surface area contributed by atoms with Crippen molar-refractivity contribution in [1.29, 1.82) is 0 Å². The smallest absolute Gasteiger partial charge is 0.200 e. The van der Waals surface area contributed by atoms with Crippen molar-refractivity contribution in [2.24, 2.45) is 0 Å². The van der Waals surface area contributed by atoms with E-state index < -0.39 is 84.9 Å². The standard InChI is InChI=1S/C27H24F10OP2/c1-26(2,3)39(27(4,5)6)11-12-8-7-9-13(10-12)38-40(24-20(34)16(30)14(28)17(31)21(24)35)25-22(36)18(32)15(29)19(33)23(25)37/h7-10H,11H2,1-6H3. The Morgan fingerprint density at radius 2 is 0.900 bits per heavy atom.